The van der Waals surface area contributed by atoms with Crippen molar-refractivity contribution in [2.45, 2.75) is 6.04 Å². The fourth-order valence-electron chi connectivity index (χ4n) is 1.91. The Morgan fingerprint density at radius 2 is 2.06 bits per heavy atom. The van der Waals surface area contributed by atoms with E-state index in [-0.39, 0.29) is 11.9 Å². The minimum absolute atomic E-state index is 0.0280. The maximum atomic E-state index is 11.8. The average molecular weight is 236 g/mol. The third-order valence-corrected chi connectivity index (χ3v) is 2.79. The van der Waals surface area contributed by atoms with Gasteiger partial charge in [0, 0.05) is 24.7 Å². The molecule has 92 valence electrons. The van der Waals surface area contributed by atoms with Crippen LogP contribution in [0.3, 0.4) is 0 Å². The standard InChI is InChI=1S/C12H16N2O3/c1-16-8-3-4-9(10(7-8)17-2)11-12(15)14-6-5-13-11/h3-4,7,11,13H,5-6H2,1-2H3,(H,14,15)/t11-/m0/s1. The number of methoxy groups -OCH3 is 2. The highest BCUT2D eigenvalue weighted by Crippen LogP contribution is 2.30. The lowest BCUT2D eigenvalue weighted by molar-refractivity contribution is -0.124. The Labute approximate surface area is 100 Å². The van der Waals surface area contributed by atoms with Gasteiger partial charge < -0.3 is 20.1 Å². The average Bonchev–Trinajstić information content (AvgIpc) is 2.38. The number of rotatable bonds is 3. The monoisotopic (exact) mass is 236 g/mol. The van der Waals surface area contributed by atoms with Crippen molar-refractivity contribution in [3.05, 3.63) is 23.8 Å². The van der Waals surface area contributed by atoms with Gasteiger partial charge in [0.15, 0.2) is 0 Å². The molecular weight excluding hydrogens is 220 g/mol. The quantitative estimate of drug-likeness (QED) is 0.800. The molecule has 1 aliphatic rings. The van der Waals surface area contributed by atoms with Crippen LogP contribution < -0.4 is 20.1 Å². The molecule has 0 unspecified atom stereocenters. The largest absolute Gasteiger partial charge is 0.497 e. The van der Waals surface area contributed by atoms with E-state index >= 15 is 0 Å². The van der Waals surface area contributed by atoms with Gasteiger partial charge in [0.1, 0.15) is 17.5 Å². The van der Waals surface area contributed by atoms with E-state index in [1.54, 1.807) is 20.3 Å². The van der Waals surface area contributed by atoms with Crippen molar-refractivity contribution in [1.29, 1.82) is 0 Å². The smallest absolute Gasteiger partial charge is 0.241 e. The van der Waals surface area contributed by atoms with E-state index < -0.39 is 0 Å². The second-order valence-electron chi connectivity index (χ2n) is 3.79. The van der Waals surface area contributed by atoms with E-state index in [4.69, 9.17) is 9.47 Å². The van der Waals surface area contributed by atoms with Gasteiger partial charge >= 0.3 is 0 Å². The van der Waals surface area contributed by atoms with Crippen molar-refractivity contribution in [3.8, 4) is 11.5 Å². The third-order valence-electron chi connectivity index (χ3n) is 2.79. The summed E-state index contributed by atoms with van der Waals surface area (Å²) in [6.45, 7) is 1.42. The van der Waals surface area contributed by atoms with E-state index in [0.717, 1.165) is 12.1 Å². The second-order valence-corrected chi connectivity index (χ2v) is 3.79. The van der Waals surface area contributed by atoms with Crippen LogP contribution in [-0.2, 0) is 4.79 Å². The fraction of sp³-hybridized carbons (Fsp3) is 0.417. The summed E-state index contributed by atoms with van der Waals surface area (Å²) in [6.07, 6.45) is 0. The minimum atomic E-state index is -0.357. The van der Waals surface area contributed by atoms with E-state index in [9.17, 15) is 4.79 Å². The van der Waals surface area contributed by atoms with E-state index in [2.05, 4.69) is 10.6 Å². The lowest BCUT2D eigenvalue weighted by Crippen LogP contribution is -2.47. The molecule has 0 saturated carbocycles. The van der Waals surface area contributed by atoms with E-state index in [1.807, 2.05) is 12.1 Å². The summed E-state index contributed by atoms with van der Waals surface area (Å²) in [6, 6.07) is 5.09. The van der Waals surface area contributed by atoms with Crippen LogP contribution in [-0.4, -0.2) is 33.2 Å². The molecule has 1 heterocycles. The van der Waals surface area contributed by atoms with Crippen LogP contribution in [0.4, 0.5) is 0 Å². The fourth-order valence-corrected chi connectivity index (χ4v) is 1.91. The molecule has 0 spiro atoms. The van der Waals surface area contributed by atoms with Crippen LogP contribution in [0.15, 0.2) is 18.2 Å². The molecule has 0 aliphatic carbocycles. The second kappa shape index (κ2) is 5.05. The van der Waals surface area contributed by atoms with Gasteiger partial charge in [-0.25, -0.2) is 0 Å². The highest BCUT2D eigenvalue weighted by atomic mass is 16.5. The van der Waals surface area contributed by atoms with Gasteiger partial charge in [-0.2, -0.15) is 0 Å². The molecule has 0 aromatic heterocycles. The first-order valence-electron chi connectivity index (χ1n) is 5.49. The number of ether oxygens (including phenoxy) is 2. The van der Waals surface area contributed by atoms with Crippen molar-refractivity contribution < 1.29 is 14.3 Å². The summed E-state index contributed by atoms with van der Waals surface area (Å²) in [4.78, 5) is 11.8. The predicted octanol–water partition coefficient (Wildman–Crippen LogP) is 0.464. The first-order chi connectivity index (χ1) is 8.26. The maximum absolute atomic E-state index is 11.8. The molecule has 5 nitrogen and oxygen atoms in total. The van der Waals surface area contributed by atoms with Crippen molar-refractivity contribution in [2.24, 2.45) is 0 Å². The number of carbonyl (C=O) groups is 1. The molecule has 1 amide bonds. The number of hydrogen-bond donors (Lipinski definition) is 2. The number of benzene rings is 1. The molecule has 1 fully saturated rings. The molecule has 17 heavy (non-hydrogen) atoms. The Bertz CT molecular complexity index is 420. The van der Waals surface area contributed by atoms with Crippen LogP contribution in [0.5, 0.6) is 11.5 Å². The van der Waals surface area contributed by atoms with Crippen LogP contribution in [0.2, 0.25) is 0 Å². The molecule has 5 heteroatoms. The van der Waals surface area contributed by atoms with E-state index in [0.29, 0.717) is 18.0 Å². The number of nitrogens with one attached hydrogen (secondary N) is 2. The number of carbonyl (C=O) groups excluding carboxylic acids is 1. The summed E-state index contributed by atoms with van der Waals surface area (Å²) in [7, 11) is 3.18. The number of hydrogen-bond acceptors (Lipinski definition) is 4. The molecule has 1 aromatic carbocycles. The van der Waals surface area contributed by atoms with Gasteiger partial charge in [0.25, 0.3) is 0 Å². The highest BCUT2D eigenvalue weighted by molar-refractivity contribution is 5.84. The summed E-state index contributed by atoms with van der Waals surface area (Å²) < 4.78 is 10.4. The Kier molecular flexibility index (Phi) is 3.49. The van der Waals surface area contributed by atoms with Gasteiger partial charge in [-0.3, -0.25) is 4.79 Å². The van der Waals surface area contributed by atoms with Gasteiger partial charge in [0.05, 0.1) is 14.2 Å². The molecule has 1 aromatic rings. The molecular formula is C12H16N2O3. The molecule has 2 N–H and O–H groups in total. The third kappa shape index (κ3) is 2.34. The Morgan fingerprint density at radius 1 is 1.24 bits per heavy atom. The van der Waals surface area contributed by atoms with Crippen molar-refractivity contribution in [2.75, 3.05) is 27.3 Å². The molecule has 1 atom stereocenters. The predicted molar refractivity (Wildman–Crippen MR) is 63.3 cm³/mol. The Hall–Kier alpha value is -1.75. The van der Waals surface area contributed by atoms with Crippen molar-refractivity contribution in [3.63, 3.8) is 0 Å². The van der Waals surface area contributed by atoms with Gasteiger partial charge in [-0.05, 0) is 12.1 Å². The molecule has 2 rings (SSSR count). The van der Waals surface area contributed by atoms with Crippen molar-refractivity contribution >= 4 is 5.91 Å². The Balaban J connectivity index is 2.33. The van der Waals surface area contributed by atoms with Crippen LogP contribution in [0.25, 0.3) is 0 Å². The highest BCUT2D eigenvalue weighted by Gasteiger charge is 2.26. The lowest BCUT2D eigenvalue weighted by Gasteiger charge is -2.25. The minimum Gasteiger partial charge on any atom is -0.497 e. The van der Waals surface area contributed by atoms with Gasteiger partial charge in [-0.15, -0.1) is 0 Å². The Morgan fingerprint density at radius 3 is 2.71 bits per heavy atom. The zero-order chi connectivity index (χ0) is 12.3. The molecule has 1 saturated heterocycles. The molecule has 0 radical (unpaired) electrons. The topological polar surface area (TPSA) is 59.6 Å². The summed E-state index contributed by atoms with van der Waals surface area (Å²) in [5.41, 5.74) is 0.825. The first kappa shape index (κ1) is 11.7. The van der Waals surface area contributed by atoms with Crippen LogP contribution in [0.1, 0.15) is 11.6 Å². The maximum Gasteiger partial charge on any atom is 0.241 e. The normalized spacial score (nSPS) is 19.6. The van der Waals surface area contributed by atoms with E-state index in [1.165, 1.54) is 0 Å². The number of amides is 1. The first-order valence-corrected chi connectivity index (χ1v) is 5.49. The summed E-state index contributed by atoms with van der Waals surface area (Å²) in [5.74, 6) is 1.33. The lowest BCUT2D eigenvalue weighted by atomic mass is 10.0. The van der Waals surface area contributed by atoms with Crippen LogP contribution >= 0.6 is 0 Å². The van der Waals surface area contributed by atoms with Crippen LogP contribution in [0, 0.1) is 0 Å². The molecule has 0 bridgehead atoms. The zero-order valence-corrected chi connectivity index (χ0v) is 9.95. The number of piperazine rings is 1. The van der Waals surface area contributed by atoms with Crippen molar-refractivity contribution in [1.82, 2.24) is 10.6 Å². The summed E-state index contributed by atoms with van der Waals surface area (Å²) >= 11 is 0. The SMILES string of the molecule is COc1ccc([C@@H]2NCCNC2=O)c(OC)c1. The van der Waals surface area contributed by atoms with Gasteiger partial charge in [-0.1, -0.05) is 0 Å². The summed E-state index contributed by atoms with van der Waals surface area (Å²) in [5, 5.41) is 5.99. The zero-order valence-electron chi connectivity index (χ0n) is 9.95. The molecule has 1 aliphatic heterocycles. The van der Waals surface area contributed by atoms with Gasteiger partial charge in [0.2, 0.25) is 5.91 Å².